The van der Waals surface area contributed by atoms with Crippen LogP contribution in [-0.4, -0.2) is 41.3 Å². The molecule has 140 valence electrons. The van der Waals surface area contributed by atoms with Gasteiger partial charge in [0, 0.05) is 37.3 Å². The maximum absolute atomic E-state index is 14.9. The van der Waals surface area contributed by atoms with Crippen molar-refractivity contribution in [2.24, 2.45) is 0 Å². The summed E-state index contributed by atoms with van der Waals surface area (Å²) in [5.41, 5.74) is -0.126. The molecule has 1 aromatic carbocycles. The Morgan fingerprint density at radius 3 is 2.85 bits per heavy atom. The Balaban J connectivity index is 1.91. The predicted octanol–water partition coefficient (Wildman–Crippen LogP) is 1.87. The van der Waals surface area contributed by atoms with Gasteiger partial charge in [0.2, 0.25) is 5.43 Å². The van der Waals surface area contributed by atoms with E-state index in [1.54, 1.807) is 10.6 Å². The number of nitrogens with one attached hydrogen (secondary N) is 1. The molecule has 0 radical (unpaired) electrons. The Morgan fingerprint density at radius 2 is 2.19 bits per heavy atom. The van der Waals surface area contributed by atoms with Crippen molar-refractivity contribution in [3.05, 3.63) is 39.9 Å². The Kier molecular flexibility index (Phi) is 4.32. The van der Waals surface area contributed by atoms with E-state index in [1.807, 2.05) is 4.90 Å². The lowest BCUT2D eigenvalue weighted by molar-refractivity contribution is 0.0695. The van der Waals surface area contributed by atoms with Crippen molar-refractivity contribution in [2.45, 2.75) is 31.3 Å². The van der Waals surface area contributed by atoms with E-state index < -0.39 is 17.2 Å². The summed E-state index contributed by atoms with van der Waals surface area (Å²) < 4.78 is 16.7. The van der Waals surface area contributed by atoms with E-state index in [1.165, 1.54) is 6.20 Å². The number of rotatable bonds is 4. The van der Waals surface area contributed by atoms with Gasteiger partial charge >= 0.3 is 5.97 Å². The molecule has 0 amide bonds. The van der Waals surface area contributed by atoms with Gasteiger partial charge in [0.05, 0.1) is 29.7 Å². The number of aromatic nitrogens is 1. The molecule has 8 heteroatoms. The van der Waals surface area contributed by atoms with E-state index in [2.05, 4.69) is 11.4 Å². The average molecular weight is 370 g/mol. The number of nitrogens with zero attached hydrogens (tertiary/aromatic N) is 3. The Hall–Kier alpha value is -2.92. The largest absolute Gasteiger partial charge is 0.477 e. The lowest BCUT2D eigenvalue weighted by Crippen LogP contribution is -2.51. The highest BCUT2D eigenvalue weighted by Gasteiger charge is 2.29. The molecule has 1 unspecified atom stereocenters. The van der Waals surface area contributed by atoms with Gasteiger partial charge in [-0.2, -0.15) is 5.26 Å². The second kappa shape index (κ2) is 6.67. The van der Waals surface area contributed by atoms with Crippen molar-refractivity contribution in [3.8, 4) is 6.07 Å². The van der Waals surface area contributed by atoms with E-state index in [0.29, 0.717) is 30.8 Å². The first-order valence-corrected chi connectivity index (χ1v) is 8.97. The molecule has 1 saturated heterocycles. The van der Waals surface area contributed by atoms with Crippen molar-refractivity contribution in [1.29, 1.82) is 5.26 Å². The number of hydrogen-bond donors (Lipinski definition) is 2. The van der Waals surface area contributed by atoms with Crippen LogP contribution in [0.15, 0.2) is 23.1 Å². The second-order valence-corrected chi connectivity index (χ2v) is 7.05. The van der Waals surface area contributed by atoms with Crippen molar-refractivity contribution in [3.63, 3.8) is 0 Å². The molecular formula is C19H19FN4O3. The molecular weight excluding hydrogens is 351 g/mol. The molecule has 7 nitrogen and oxygen atoms in total. The molecule has 1 atom stereocenters. The lowest BCUT2D eigenvalue weighted by atomic mass is 10.1. The third kappa shape index (κ3) is 3.04. The van der Waals surface area contributed by atoms with Gasteiger partial charge in [-0.05, 0) is 25.0 Å². The fourth-order valence-electron chi connectivity index (χ4n) is 3.75. The summed E-state index contributed by atoms with van der Waals surface area (Å²) >= 11 is 0. The maximum atomic E-state index is 14.9. The summed E-state index contributed by atoms with van der Waals surface area (Å²) in [6, 6.07) is 4.88. The monoisotopic (exact) mass is 370 g/mol. The topological polar surface area (TPSA) is 98.4 Å². The zero-order valence-electron chi connectivity index (χ0n) is 14.6. The smallest absolute Gasteiger partial charge is 0.341 e. The SMILES string of the molecule is N#CCC1CNCCN1c1cc2c(cc1F)c(=O)c(C(=O)O)cn2C1CC1. The number of carbonyl (C=O) groups is 1. The van der Waals surface area contributed by atoms with Gasteiger partial charge in [-0.3, -0.25) is 4.79 Å². The zero-order chi connectivity index (χ0) is 19.1. The normalized spacial score (nSPS) is 19.9. The highest BCUT2D eigenvalue weighted by molar-refractivity contribution is 5.93. The van der Waals surface area contributed by atoms with Crippen molar-refractivity contribution in [1.82, 2.24) is 9.88 Å². The van der Waals surface area contributed by atoms with E-state index in [4.69, 9.17) is 5.26 Å². The Bertz CT molecular complexity index is 1020. The van der Waals surface area contributed by atoms with Crippen LogP contribution in [0, 0.1) is 17.1 Å². The summed E-state index contributed by atoms with van der Waals surface area (Å²) in [5, 5.41) is 21.7. The molecule has 2 aliphatic rings. The highest BCUT2D eigenvalue weighted by atomic mass is 19.1. The summed E-state index contributed by atoms with van der Waals surface area (Å²) in [4.78, 5) is 25.8. The maximum Gasteiger partial charge on any atom is 0.341 e. The fraction of sp³-hybridized carbons (Fsp3) is 0.421. The molecule has 1 saturated carbocycles. The standard InChI is InChI=1S/C19H19FN4O3/c20-15-7-13-16(8-17(15)23-6-5-22-9-12(23)3-4-21)24(11-1-2-11)10-14(18(13)25)19(26)27/h7-8,10-12,22H,1-3,5-6,9H2,(H,26,27). The van der Waals surface area contributed by atoms with Crippen LogP contribution >= 0.6 is 0 Å². The Morgan fingerprint density at radius 1 is 1.41 bits per heavy atom. The molecule has 1 aliphatic carbocycles. The van der Waals surface area contributed by atoms with Gasteiger partial charge < -0.3 is 19.9 Å². The van der Waals surface area contributed by atoms with Gasteiger partial charge in [-0.15, -0.1) is 0 Å². The number of hydrogen-bond acceptors (Lipinski definition) is 5. The Labute approximate surface area is 154 Å². The fourth-order valence-corrected chi connectivity index (χ4v) is 3.75. The number of anilines is 1. The number of carboxylic acids is 1. The summed E-state index contributed by atoms with van der Waals surface area (Å²) in [6.07, 6.45) is 3.43. The predicted molar refractivity (Wildman–Crippen MR) is 97.6 cm³/mol. The van der Waals surface area contributed by atoms with Crippen molar-refractivity contribution in [2.75, 3.05) is 24.5 Å². The van der Waals surface area contributed by atoms with Crippen LogP contribution in [0.5, 0.6) is 0 Å². The van der Waals surface area contributed by atoms with Crippen LogP contribution < -0.4 is 15.6 Å². The minimum atomic E-state index is -1.31. The van der Waals surface area contributed by atoms with E-state index in [0.717, 1.165) is 18.9 Å². The number of fused-ring (bicyclic) bond motifs is 1. The molecule has 1 aliphatic heterocycles. The minimum absolute atomic E-state index is 0.0787. The third-order valence-electron chi connectivity index (χ3n) is 5.26. The van der Waals surface area contributed by atoms with Crippen LogP contribution in [0.4, 0.5) is 10.1 Å². The van der Waals surface area contributed by atoms with Crippen molar-refractivity contribution >= 4 is 22.6 Å². The molecule has 2 aromatic rings. The second-order valence-electron chi connectivity index (χ2n) is 7.05. The zero-order valence-corrected chi connectivity index (χ0v) is 14.6. The lowest BCUT2D eigenvalue weighted by Gasteiger charge is -2.37. The van der Waals surface area contributed by atoms with Gasteiger partial charge in [-0.25, -0.2) is 9.18 Å². The van der Waals surface area contributed by atoms with Crippen molar-refractivity contribution < 1.29 is 14.3 Å². The quantitative estimate of drug-likeness (QED) is 0.853. The average Bonchev–Trinajstić information content (AvgIpc) is 3.48. The number of pyridine rings is 1. The number of halogens is 1. The molecule has 2 fully saturated rings. The molecule has 27 heavy (non-hydrogen) atoms. The number of carboxylic acid groups (broad SMARTS) is 1. The molecule has 2 heterocycles. The summed E-state index contributed by atoms with van der Waals surface area (Å²) in [6.45, 7) is 1.81. The number of aromatic carboxylic acids is 1. The minimum Gasteiger partial charge on any atom is -0.477 e. The van der Waals surface area contributed by atoms with E-state index >= 15 is 0 Å². The molecule has 4 rings (SSSR count). The molecule has 2 N–H and O–H groups in total. The summed E-state index contributed by atoms with van der Waals surface area (Å²) in [5.74, 6) is -1.88. The van der Waals surface area contributed by atoms with Crippen LogP contribution in [0.25, 0.3) is 10.9 Å². The molecule has 0 bridgehead atoms. The van der Waals surface area contributed by atoms with Crippen LogP contribution in [-0.2, 0) is 0 Å². The van der Waals surface area contributed by atoms with Gasteiger partial charge in [-0.1, -0.05) is 0 Å². The first kappa shape index (κ1) is 17.5. The number of benzene rings is 1. The number of nitriles is 1. The highest BCUT2D eigenvalue weighted by Crippen LogP contribution is 2.38. The van der Waals surface area contributed by atoms with E-state index in [9.17, 15) is 19.1 Å². The third-order valence-corrected chi connectivity index (χ3v) is 5.26. The first-order chi connectivity index (χ1) is 13.0. The van der Waals surface area contributed by atoms with Crippen LogP contribution in [0.2, 0.25) is 0 Å². The molecule has 0 spiro atoms. The van der Waals surface area contributed by atoms with Gasteiger partial charge in [0.25, 0.3) is 0 Å². The first-order valence-electron chi connectivity index (χ1n) is 8.97. The summed E-state index contributed by atoms with van der Waals surface area (Å²) in [7, 11) is 0. The van der Waals surface area contributed by atoms with Gasteiger partial charge in [0.15, 0.2) is 0 Å². The van der Waals surface area contributed by atoms with Crippen LogP contribution in [0.1, 0.15) is 35.7 Å². The van der Waals surface area contributed by atoms with Gasteiger partial charge in [0.1, 0.15) is 11.4 Å². The number of piperazine rings is 1. The van der Waals surface area contributed by atoms with Crippen LogP contribution in [0.3, 0.4) is 0 Å². The molecule has 1 aromatic heterocycles. The van der Waals surface area contributed by atoms with E-state index in [-0.39, 0.29) is 29.5 Å².